The minimum Gasteiger partial charge on any atom is -0.483 e. The quantitative estimate of drug-likeness (QED) is 0.768. The Morgan fingerprint density at radius 2 is 1.65 bits per heavy atom. The van der Waals surface area contributed by atoms with E-state index in [1.807, 2.05) is 25.1 Å². The third kappa shape index (κ3) is 4.83. The van der Waals surface area contributed by atoms with Crippen LogP contribution in [0.25, 0.3) is 0 Å². The van der Waals surface area contributed by atoms with Crippen LogP contribution in [0.1, 0.15) is 19.4 Å². The number of carbonyl (C=O) groups excluding carboxylic acids is 1. The number of aryl methyl sites for hydroxylation is 1. The summed E-state index contributed by atoms with van der Waals surface area (Å²) in [4.78, 5) is 12.2. The molecule has 0 fully saturated rings. The van der Waals surface area contributed by atoms with Crippen LogP contribution in [0, 0.1) is 6.92 Å². The second-order valence-corrected chi connectivity index (χ2v) is 7.65. The summed E-state index contributed by atoms with van der Waals surface area (Å²) in [6.45, 7) is 6.20. The molecule has 0 bridgehead atoms. The summed E-state index contributed by atoms with van der Waals surface area (Å²) < 4.78 is 31.8. The molecule has 0 unspecified atom stereocenters. The summed E-state index contributed by atoms with van der Waals surface area (Å²) in [6, 6.07) is 13.6. The molecule has 0 saturated carbocycles. The molecular weight excluding hydrogens is 352 g/mol. The smallest absolute Gasteiger partial charge is 0.262 e. The second kappa shape index (κ2) is 8.82. The van der Waals surface area contributed by atoms with Gasteiger partial charge in [-0.25, -0.2) is 8.42 Å². The minimum atomic E-state index is -3.50. The average Bonchev–Trinajstić information content (AvgIpc) is 2.62. The SMILES string of the molecule is CCN(CC)S(=O)(=O)c1ccc(NC(=O)COc2ccccc2C)cc1. The van der Waals surface area contributed by atoms with Gasteiger partial charge in [-0.2, -0.15) is 4.31 Å². The van der Waals surface area contributed by atoms with Crippen LogP contribution in [0.4, 0.5) is 5.69 Å². The van der Waals surface area contributed by atoms with Crippen LogP contribution in [-0.2, 0) is 14.8 Å². The van der Waals surface area contributed by atoms with Gasteiger partial charge in [-0.15, -0.1) is 0 Å². The van der Waals surface area contributed by atoms with Crippen molar-refractivity contribution in [3.63, 3.8) is 0 Å². The normalized spacial score (nSPS) is 11.4. The largest absolute Gasteiger partial charge is 0.483 e. The van der Waals surface area contributed by atoms with Crippen molar-refractivity contribution in [2.24, 2.45) is 0 Å². The van der Waals surface area contributed by atoms with Crippen LogP contribution in [0.15, 0.2) is 53.4 Å². The van der Waals surface area contributed by atoms with Gasteiger partial charge in [0.1, 0.15) is 5.75 Å². The van der Waals surface area contributed by atoms with Gasteiger partial charge in [-0.1, -0.05) is 32.0 Å². The number of rotatable bonds is 8. The fraction of sp³-hybridized carbons (Fsp3) is 0.316. The predicted octanol–water partition coefficient (Wildman–Crippen LogP) is 3.04. The zero-order valence-electron chi connectivity index (χ0n) is 15.2. The Bertz CT molecular complexity index is 844. The van der Waals surface area contributed by atoms with E-state index in [2.05, 4.69) is 5.32 Å². The van der Waals surface area contributed by atoms with Gasteiger partial charge >= 0.3 is 0 Å². The molecule has 2 aromatic carbocycles. The van der Waals surface area contributed by atoms with Crippen LogP contribution >= 0.6 is 0 Å². The lowest BCUT2D eigenvalue weighted by Crippen LogP contribution is -2.30. The van der Waals surface area contributed by atoms with E-state index >= 15 is 0 Å². The van der Waals surface area contributed by atoms with Crippen molar-refractivity contribution < 1.29 is 17.9 Å². The molecule has 1 amide bonds. The molecular formula is C19H24N2O4S. The van der Waals surface area contributed by atoms with E-state index < -0.39 is 10.0 Å². The number of para-hydroxylation sites is 1. The highest BCUT2D eigenvalue weighted by molar-refractivity contribution is 7.89. The number of nitrogens with zero attached hydrogens (tertiary/aromatic N) is 1. The predicted molar refractivity (Wildman–Crippen MR) is 102 cm³/mol. The number of carbonyl (C=O) groups is 1. The highest BCUT2D eigenvalue weighted by Gasteiger charge is 2.21. The summed E-state index contributed by atoms with van der Waals surface area (Å²) in [5.41, 5.74) is 1.47. The van der Waals surface area contributed by atoms with Crippen molar-refractivity contribution in [2.75, 3.05) is 25.0 Å². The molecule has 0 aromatic heterocycles. The third-order valence-corrected chi connectivity index (χ3v) is 6.00. The van der Waals surface area contributed by atoms with E-state index in [9.17, 15) is 13.2 Å². The Kier molecular flexibility index (Phi) is 6.76. The highest BCUT2D eigenvalue weighted by atomic mass is 32.2. The first-order chi connectivity index (χ1) is 12.4. The number of nitrogens with one attached hydrogen (secondary N) is 1. The van der Waals surface area contributed by atoms with E-state index in [1.165, 1.54) is 16.4 Å². The molecule has 7 heteroatoms. The summed E-state index contributed by atoms with van der Waals surface area (Å²) in [6.07, 6.45) is 0. The van der Waals surface area contributed by atoms with Crippen molar-refractivity contribution in [3.05, 3.63) is 54.1 Å². The highest BCUT2D eigenvalue weighted by Crippen LogP contribution is 2.19. The summed E-state index contributed by atoms with van der Waals surface area (Å²) in [7, 11) is -3.50. The van der Waals surface area contributed by atoms with E-state index in [0.717, 1.165) is 5.56 Å². The number of benzene rings is 2. The number of amides is 1. The molecule has 0 radical (unpaired) electrons. The zero-order valence-corrected chi connectivity index (χ0v) is 16.0. The second-order valence-electron chi connectivity index (χ2n) is 5.72. The maximum Gasteiger partial charge on any atom is 0.262 e. The van der Waals surface area contributed by atoms with Crippen LogP contribution < -0.4 is 10.1 Å². The molecule has 0 heterocycles. The molecule has 6 nitrogen and oxygen atoms in total. The first kappa shape index (κ1) is 19.9. The van der Waals surface area contributed by atoms with Crippen LogP contribution in [0.5, 0.6) is 5.75 Å². The standard InChI is InChI=1S/C19H24N2O4S/c1-4-21(5-2)26(23,24)17-12-10-16(11-13-17)20-19(22)14-25-18-9-7-6-8-15(18)3/h6-13H,4-5,14H2,1-3H3,(H,20,22). The van der Waals surface area contributed by atoms with Crippen molar-refractivity contribution in [3.8, 4) is 5.75 Å². The van der Waals surface area contributed by atoms with Gasteiger partial charge in [0.05, 0.1) is 4.90 Å². The monoisotopic (exact) mass is 376 g/mol. The number of hydrogen-bond acceptors (Lipinski definition) is 4. The maximum atomic E-state index is 12.4. The van der Waals surface area contributed by atoms with Gasteiger partial charge in [0.25, 0.3) is 5.91 Å². The topological polar surface area (TPSA) is 75.7 Å². The molecule has 140 valence electrons. The fourth-order valence-electron chi connectivity index (χ4n) is 2.48. The molecule has 2 rings (SSSR count). The van der Waals surface area contributed by atoms with E-state index in [1.54, 1.807) is 32.0 Å². The molecule has 26 heavy (non-hydrogen) atoms. The lowest BCUT2D eigenvalue weighted by Gasteiger charge is -2.18. The first-order valence-corrected chi connectivity index (χ1v) is 9.91. The van der Waals surface area contributed by atoms with E-state index in [0.29, 0.717) is 24.5 Å². The summed E-state index contributed by atoms with van der Waals surface area (Å²) in [5.74, 6) is 0.343. The Morgan fingerprint density at radius 3 is 2.23 bits per heavy atom. The molecule has 0 spiro atoms. The van der Waals surface area contributed by atoms with Crippen LogP contribution in [-0.4, -0.2) is 38.3 Å². The molecule has 0 aliphatic carbocycles. The lowest BCUT2D eigenvalue weighted by atomic mass is 10.2. The maximum absolute atomic E-state index is 12.4. The molecule has 0 aliphatic heterocycles. The Morgan fingerprint density at radius 1 is 1.04 bits per heavy atom. The molecule has 0 atom stereocenters. The number of anilines is 1. The van der Waals surface area contributed by atoms with Crippen LogP contribution in [0.2, 0.25) is 0 Å². The number of sulfonamides is 1. The molecule has 0 aliphatic rings. The van der Waals surface area contributed by atoms with Crippen molar-refractivity contribution in [1.29, 1.82) is 0 Å². The fourth-order valence-corrected chi connectivity index (χ4v) is 3.94. The lowest BCUT2D eigenvalue weighted by molar-refractivity contribution is -0.118. The van der Waals surface area contributed by atoms with Crippen LogP contribution in [0.3, 0.4) is 0 Å². The van der Waals surface area contributed by atoms with Gasteiger partial charge in [0.15, 0.2) is 6.61 Å². The average molecular weight is 376 g/mol. The third-order valence-electron chi connectivity index (χ3n) is 3.93. The van der Waals surface area contributed by atoms with E-state index in [-0.39, 0.29) is 17.4 Å². The number of hydrogen-bond donors (Lipinski definition) is 1. The molecule has 2 aromatic rings. The minimum absolute atomic E-state index is 0.121. The zero-order chi connectivity index (χ0) is 19.2. The van der Waals surface area contributed by atoms with Crippen molar-refractivity contribution in [2.45, 2.75) is 25.7 Å². The number of ether oxygens (including phenoxy) is 1. The van der Waals surface area contributed by atoms with Gasteiger partial charge < -0.3 is 10.1 Å². The summed E-state index contributed by atoms with van der Waals surface area (Å²) in [5, 5.41) is 2.70. The van der Waals surface area contributed by atoms with Gasteiger partial charge in [-0.3, -0.25) is 4.79 Å². The van der Waals surface area contributed by atoms with Crippen molar-refractivity contribution in [1.82, 2.24) is 4.31 Å². The Hall–Kier alpha value is -2.38. The van der Waals surface area contributed by atoms with Gasteiger partial charge in [-0.05, 0) is 42.8 Å². The Balaban J connectivity index is 1.98. The van der Waals surface area contributed by atoms with E-state index in [4.69, 9.17) is 4.74 Å². The first-order valence-electron chi connectivity index (χ1n) is 8.47. The van der Waals surface area contributed by atoms with Gasteiger partial charge in [0.2, 0.25) is 10.0 Å². The molecule has 1 N–H and O–H groups in total. The van der Waals surface area contributed by atoms with Crippen molar-refractivity contribution >= 4 is 21.6 Å². The van der Waals surface area contributed by atoms with Gasteiger partial charge in [0, 0.05) is 18.8 Å². The summed E-state index contributed by atoms with van der Waals surface area (Å²) >= 11 is 0. The Labute approximate surface area is 154 Å². The molecule has 0 saturated heterocycles.